The number of unbranched alkanes of at least 4 members (excludes halogenated alkanes) is 1. The first-order chi connectivity index (χ1) is 11.1. The van der Waals surface area contributed by atoms with Gasteiger partial charge in [0.2, 0.25) is 0 Å². The van der Waals surface area contributed by atoms with Crippen molar-refractivity contribution in [1.82, 2.24) is 4.90 Å². The zero-order valence-corrected chi connectivity index (χ0v) is 14.4. The van der Waals surface area contributed by atoms with Gasteiger partial charge in [-0.25, -0.2) is 0 Å². The highest BCUT2D eigenvalue weighted by Crippen LogP contribution is 2.20. The van der Waals surface area contributed by atoms with Gasteiger partial charge in [0.25, 0.3) is 5.91 Å². The number of aliphatic hydroxyl groups excluding tert-OH is 1. The minimum atomic E-state index is 0.0769. The highest BCUT2D eigenvalue weighted by atomic mass is 16.3. The van der Waals surface area contributed by atoms with E-state index in [2.05, 4.69) is 19.2 Å². The summed E-state index contributed by atoms with van der Waals surface area (Å²) in [5.41, 5.74) is 1.74. The molecule has 128 valence electrons. The largest absolute Gasteiger partial charge is 0.396 e. The molecule has 1 aromatic rings. The van der Waals surface area contributed by atoms with Gasteiger partial charge in [0.05, 0.1) is 0 Å². The second-order valence-corrected chi connectivity index (χ2v) is 6.71. The van der Waals surface area contributed by atoms with Crippen molar-refractivity contribution >= 4 is 11.6 Å². The molecule has 0 spiro atoms. The predicted molar refractivity (Wildman–Crippen MR) is 94.8 cm³/mol. The van der Waals surface area contributed by atoms with E-state index in [0.29, 0.717) is 12.6 Å². The summed E-state index contributed by atoms with van der Waals surface area (Å²) in [5.74, 6) is 0.302. The first-order valence-corrected chi connectivity index (χ1v) is 8.90. The van der Waals surface area contributed by atoms with Gasteiger partial charge in [0.15, 0.2) is 0 Å². The SMILES string of the molecule is CCCCC(C)Nc1cccc(C(=O)N2CCCC(CO)C2)c1. The second kappa shape index (κ2) is 8.92. The summed E-state index contributed by atoms with van der Waals surface area (Å²) in [6, 6.07) is 8.20. The summed E-state index contributed by atoms with van der Waals surface area (Å²) in [6.45, 7) is 6.00. The molecule has 23 heavy (non-hydrogen) atoms. The smallest absolute Gasteiger partial charge is 0.253 e. The average molecular weight is 318 g/mol. The lowest BCUT2D eigenvalue weighted by Crippen LogP contribution is -2.40. The fraction of sp³-hybridized carbons (Fsp3) is 0.632. The summed E-state index contributed by atoms with van der Waals surface area (Å²) < 4.78 is 0. The number of piperidine rings is 1. The topological polar surface area (TPSA) is 52.6 Å². The number of carbonyl (C=O) groups excluding carboxylic acids is 1. The molecule has 4 nitrogen and oxygen atoms in total. The molecule has 0 aromatic heterocycles. The van der Waals surface area contributed by atoms with E-state index in [1.807, 2.05) is 29.2 Å². The number of rotatable bonds is 7. The number of aliphatic hydroxyl groups is 1. The molecular formula is C19H30N2O2. The predicted octanol–water partition coefficient (Wildman–Crippen LogP) is 3.52. The van der Waals surface area contributed by atoms with Gasteiger partial charge in [0, 0.05) is 37.0 Å². The highest BCUT2D eigenvalue weighted by molar-refractivity contribution is 5.95. The van der Waals surface area contributed by atoms with E-state index in [1.54, 1.807) is 0 Å². The van der Waals surface area contributed by atoms with Crippen LogP contribution in [-0.4, -0.2) is 41.7 Å². The van der Waals surface area contributed by atoms with E-state index < -0.39 is 0 Å². The Morgan fingerprint density at radius 1 is 1.48 bits per heavy atom. The van der Waals surface area contributed by atoms with Crippen LogP contribution in [0.4, 0.5) is 5.69 Å². The van der Waals surface area contributed by atoms with E-state index in [9.17, 15) is 9.90 Å². The molecule has 0 aliphatic carbocycles. The Balaban J connectivity index is 1.99. The third-order valence-electron chi connectivity index (χ3n) is 4.58. The standard InChI is InChI=1S/C19H30N2O2/c1-3-4-7-15(2)20-18-10-5-9-17(12-18)19(23)21-11-6-8-16(13-21)14-22/h5,9-10,12,15-16,20,22H,3-4,6-8,11,13-14H2,1-2H3. The number of hydrogen-bond donors (Lipinski definition) is 2. The molecule has 0 bridgehead atoms. The monoisotopic (exact) mass is 318 g/mol. The molecular weight excluding hydrogens is 288 g/mol. The van der Waals surface area contributed by atoms with Gasteiger partial charge in [-0.15, -0.1) is 0 Å². The molecule has 2 unspecified atom stereocenters. The number of benzene rings is 1. The third-order valence-corrected chi connectivity index (χ3v) is 4.58. The van der Waals surface area contributed by atoms with Crippen molar-refractivity contribution in [1.29, 1.82) is 0 Å². The van der Waals surface area contributed by atoms with Gasteiger partial charge < -0.3 is 15.3 Å². The first-order valence-electron chi connectivity index (χ1n) is 8.90. The van der Waals surface area contributed by atoms with Crippen LogP contribution in [0.5, 0.6) is 0 Å². The first kappa shape index (κ1) is 17.8. The zero-order valence-electron chi connectivity index (χ0n) is 14.4. The van der Waals surface area contributed by atoms with E-state index in [4.69, 9.17) is 0 Å². The summed E-state index contributed by atoms with van der Waals surface area (Å²) in [5, 5.41) is 12.8. The summed E-state index contributed by atoms with van der Waals surface area (Å²) >= 11 is 0. The average Bonchev–Trinajstić information content (AvgIpc) is 2.59. The van der Waals surface area contributed by atoms with E-state index in [-0.39, 0.29) is 18.4 Å². The molecule has 1 aliphatic rings. The molecule has 2 N–H and O–H groups in total. The number of anilines is 1. The fourth-order valence-electron chi connectivity index (χ4n) is 3.19. The molecule has 1 aliphatic heterocycles. The third kappa shape index (κ3) is 5.24. The normalized spacial score (nSPS) is 19.4. The molecule has 2 atom stereocenters. The van der Waals surface area contributed by atoms with E-state index >= 15 is 0 Å². The molecule has 0 saturated carbocycles. The Bertz CT molecular complexity index is 504. The lowest BCUT2D eigenvalue weighted by Gasteiger charge is -2.32. The zero-order chi connectivity index (χ0) is 16.7. The maximum atomic E-state index is 12.7. The van der Waals surface area contributed by atoms with Gasteiger partial charge in [-0.1, -0.05) is 25.8 Å². The number of likely N-dealkylation sites (tertiary alicyclic amines) is 1. The van der Waals surface area contributed by atoms with Crippen molar-refractivity contribution in [3.8, 4) is 0 Å². The fourth-order valence-corrected chi connectivity index (χ4v) is 3.19. The van der Waals surface area contributed by atoms with Crippen LogP contribution in [0, 0.1) is 5.92 Å². The van der Waals surface area contributed by atoms with Crippen LogP contribution < -0.4 is 5.32 Å². The Morgan fingerprint density at radius 3 is 3.04 bits per heavy atom. The molecule has 0 radical (unpaired) electrons. The van der Waals surface area contributed by atoms with Crippen molar-refractivity contribution < 1.29 is 9.90 Å². The highest BCUT2D eigenvalue weighted by Gasteiger charge is 2.24. The minimum Gasteiger partial charge on any atom is -0.396 e. The number of nitrogens with one attached hydrogen (secondary N) is 1. The Kier molecular flexibility index (Phi) is 6.90. The van der Waals surface area contributed by atoms with Crippen molar-refractivity contribution in [3.05, 3.63) is 29.8 Å². The van der Waals surface area contributed by atoms with Crippen LogP contribution in [0.15, 0.2) is 24.3 Å². The van der Waals surface area contributed by atoms with Gasteiger partial charge in [-0.3, -0.25) is 4.79 Å². The number of nitrogens with zero attached hydrogens (tertiary/aromatic N) is 1. The van der Waals surface area contributed by atoms with Gasteiger partial charge in [0.1, 0.15) is 0 Å². The van der Waals surface area contributed by atoms with Crippen molar-refractivity contribution in [2.24, 2.45) is 5.92 Å². The van der Waals surface area contributed by atoms with Crippen LogP contribution in [-0.2, 0) is 0 Å². The lowest BCUT2D eigenvalue weighted by atomic mass is 9.98. The maximum absolute atomic E-state index is 12.7. The Hall–Kier alpha value is -1.55. The molecule has 2 rings (SSSR count). The number of carbonyl (C=O) groups is 1. The van der Waals surface area contributed by atoms with Crippen LogP contribution in [0.2, 0.25) is 0 Å². The Labute approximate surface area is 139 Å². The van der Waals surface area contributed by atoms with Crippen molar-refractivity contribution in [2.75, 3.05) is 25.0 Å². The molecule has 1 fully saturated rings. The molecule has 1 heterocycles. The Morgan fingerprint density at radius 2 is 2.30 bits per heavy atom. The van der Waals surface area contributed by atoms with Gasteiger partial charge in [-0.2, -0.15) is 0 Å². The van der Waals surface area contributed by atoms with Gasteiger partial charge >= 0.3 is 0 Å². The van der Waals surface area contributed by atoms with Crippen molar-refractivity contribution in [3.63, 3.8) is 0 Å². The quantitative estimate of drug-likeness (QED) is 0.809. The second-order valence-electron chi connectivity index (χ2n) is 6.71. The minimum absolute atomic E-state index is 0.0769. The van der Waals surface area contributed by atoms with E-state index in [0.717, 1.165) is 37.1 Å². The summed E-state index contributed by atoms with van der Waals surface area (Å²) in [4.78, 5) is 14.6. The van der Waals surface area contributed by atoms with E-state index in [1.165, 1.54) is 12.8 Å². The van der Waals surface area contributed by atoms with Crippen LogP contribution >= 0.6 is 0 Å². The van der Waals surface area contributed by atoms with Crippen LogP contribution in [0.1, 0.15) is 56.3 Å². The maximum Gasteiger partial charge on any atom is 0.253 e. The number of hydrogen-bond acceptors (Lipinski definition) is 3. The molecule has 1 saturated heterocycles. The molecule has 1 amide bonds. The van der Waals surface area contributed by atoms with Gasteiger partial charge in [-0.05, 0) is 50.3 Å². The molecule has 1 aromatic carbocycles. The summed E-state index contributed by atoms with van der Waals surface area (Å²) in [7, 11) is 0. The summed E-state index contributed by atoms with van der Waals surface area (Å²) in [6.07, 6.45) is 5.54. The number of amides is 1. The molecule has 4 heteroatoms. The lowest BCUT2D eigenvalue weighted by molar-refractivity contribution is 0.0621. The van der Waals surface area contributed by atoms with Crippen molar-refractivity contribution in [2.45, 2.75) is 52.0 Å². The van der Waals surface area contributed by atoms with Crippen LogP contribution in [0.3, 0.4) is 0 Å². The van der Waals surface area contributed by atoms with Crippen LogP contribution in [0.25, 0.3) is 0 Å².